The van der Waals surface area contributed by atoms with E-state index in [-0.39, 0.29) is 11.2 Å². The van der Waals surface area contributed by atoms with E-state index in [1.54, 1.807) is 12.1 Å². The van der Waals surface area contributed by atoms with Crippen LogP contribution < -0.4 is 0 Å². The van der Waals surface area contributed by atoms with Gasteiger partial charge in [-0.3, -0.25) is 0 Å². The molecule has 0 bridgehead atoms. The maximum absolute atomic E-state index is 10.6. The van der Waals surface area contributed by atoms with Gasteiger partial charge in [0.15, 0.2) is 0 Å². The van der Waals surface area contributed by atoms with Crippen molar-refractivity contribution in [3.05, 3.63) is 41.0 Å². The van der Waals surface area contributed by atoms with Crippen LogP contribution in [0.25, 0.3) is 0 Å². The van der Waals surface area contributed by atoms with Gasteiger partial charge < -0.3 is 10.2 Å². The Hall–Kier alpha value is -1.72. The lowest BCUT2D eigenvalue weighted by Gasteiger charge is -2.50. The minimum atomic E-state index is -0.472. The fourth-order valence-electron chi connectivity index (χ4n) is 5.37. The largest absolute Gasteiger partial charge is 0.508 e. The second-order valence-corrected chi connectivity index (χ2v) is 7.40. The fourth-order valence-corrected chi connectivity index (χ4v) is 5.37. The molecule has 1 saturated carbocycles. The molecule has 0 amide bonds. The van der Waals surface area contributed by atoms with Crippen LogP contribution in [0.1, 0.15) is 55.8 Å². The van der Waals surface area contributed by atoms with Crippen molar-refractivity contribution in [1.29, 1.82) is 0 Å². The molecule has 0 aliphatic heterocycles. The van der Waals surface area contributed by atoms with E-state index >= 15 is 0 Å². The predicted octanol–water partition coefficient (Wildman–Crippen LogP) is 3.91. The number of aliphatic hydroxyl groups excluding tert-OH is 1. The Morgan fingerprint density at radius 2 is 2.14 bits per heavy atom. The molecule has 5 atom stereocenters. The predicted molar refractivity (Wildman–Crippen MR) is 86.3 cm³/mol. The van der Waals surface area contributed by atoms with Gasteiger partial charge in [0.2, 0.25) is 0 Å². The number of hydrogen-bond acceptors (Lipinski definition) is 2. The molecule has 0 aromatic heterocycles. The second kappa shape index (κ2) is 4.64. The minimum absolute atomic E-state index is 0.115. The van der Waals surface area contributed by atoms with Crippen LogP contribution in [-0.2, 0) is 0 Å². The van der Waals surface area contributed by atoms with Gasteiger partial charge in [0.1, 0.15) is 5.75 Å². The lowest BCUT2D eigenvalue weighted by atomic mass is 9.54. The van der Waals surface area contributed by atoms with E-state index in [4.69, 9.17) is 6.42 Å². The van der Waals surface area contributed by atoms with Crippen molar-refractivity contribution >= 4 is 0 Å². The van der Waals surface area contributed by atoms with E-state index in [1.807, 2.05) is 6.07 Å². The summed E-state index contributed by atoms with van der Waals surface area (Å²) in [5, 5.41) is 20.3. The second-order valence-electron chi connectivity index (χ2n) is 7.40. The molecule has 0 radical (unpaired) electrons. The first kappa shape index (κ1) is 13.9. The highest BCUT2D eigenvalue weighted by Gasteiger charge is 2.52. The third-order valence-corrected chi connectivity index (χ3v) is 6.50. The number of fused-ring (bicyclic) bond motifs is 5. The smallest absolute Gasteiger partial charge is 0.115 e. The van der Waals surface area contributed by atoms with Crippen LogP contribution in [0, 0.1) is 29.6 Å². The van der Waals surface area contributed by atoms with Crippen molar-refractivity contribution in [2.45, 2.75) is 44.6 Å². The van der Waals surface area contributed by atoms with Gasteiger partial charge >= 0.3 is 0 Å². The first-order valence-electron chi connectivity index (χ1n) is 8.22. The lowest BCUT2D eigenvalue weighted by molar-refractivity contribution is 0.0286. The molecule has 0 heterocycles. The van der Waals surface area contributed by atoms with Crippen molar-refractivity contribution in [2.24, 2.45) is 17.3 Å². The van der Waals surface area contributed by atoms with Gasteiger partial charge in [-0.05, 0) is 66.7 Å². The third-order valence-electron chi connectivity index (χ3n) is 6.50. The number of rotatable bonds is 0. The van der Waals surface area contributed by atoms with Crippen LogP contribution in [0.3, 0.4) is 0 Å². The van der Waals surface area contributed by atoms with Crippen LogP contribution in [0.2, 0.25) is 0 Å². The van der Waals surface area contributed by atoms with Crippen LogP contribution in [0.4, 0.5) is 0 Å². The molecule has 2 nitrogen and oxygen atoms in total. The summed E-state index contributed by atoms with van der Waals surface area (Å²) in [5.41, 5.74) is 3.44. The number of phenols is 1. The summed E-state index contributed by atoms with van der Waals surface area (Å²) in [6.07, 6.45) is 11.5. The van der Waals surface area contributed by atoms with E-state index in [0.29, 0.717) is 17.8 Å². The molecule has 22 heavy (non-hydrogen) atoms. The summed E-state index contributed by atoms with van der Waals surface area (Å²) in [6.45, 7) is 2.31. The van der Waals surface area contributed by atoms with E-state index < -0.39 is 6.10 Å². The van der Waals surface area contributed by atoms with Crippen molar-refractivity contribution in [3.63, 3.8) is 0 Å². The van der Waals surface area contributed by atoms with Gasteiger partial charge in [-0.2, -0.15) is 0 Å². The van der Waals surface area contributed by atoms with Crippen molar-refractivity contribution in [3.8, 4) is 18.1 Å². The highest BCUT2D eigenvalue weighted by Crippen LogP contribution is 2.62. The van der Waals surface area contributed by atoms with Gasteiger partial charge in [-0.15, -0.1) is 6.42 Å². The highest BCUT2D eigenvalue weighted by atomic mass is 16.3. The SMILES string of the molecule is C#CC1=CCC2C3C[C@@H](O)c4cc(O)ccc4C3CCC12C. The quantitative estimate of drug-likeness (QED) is 0.712. The fraction of sp³-hybridized carbons (Fsp3) is 0.500. The first-order chi connectivity index (χ1) is 10.5. The average molecular weight is 294 g/mol. The molecule has 4 unspecified atom stereocenters. The monoisotopic (exact) mass is 294 g/mol. The minimum Gasteiger partial charge on any atom is -0.508 e. The topological polar surface area (TPSA) is 40.5 Å². The Kier molecular flexibility index (Phi) is 2.93. The Balaban J connectivity index is 1.75. The zero-order valence-electron chi connectivity index (χ0n) is 12.9. The number of aliphatic hydroxyl groups is 1. The maximum atomic E-state index is 10.6. The number of allylic oxidation sites excluding steroid dienone is 2. The zero-order chi connectivity index (χ0) is 15.5. The third kappa shape index (κ3) is 1.72. The standard InChI is InChI=1S/C20H22O2/c1-3-12-4-7-18-16-11-19(22)17-10-13(21)5-6-14(17)15(16)8-9-20(12,18)2/h1,4-6,10,15-16,18-19,21-22H,7-9,11H2,2H3/t15?,16?,18?,19-,20?/m1/s1. The molecule has 1 aromatic carbocycles. The van der Waals surface area contributed by atoms with Crippen LogP contribution >= 0.6 is 0 Å². The Labute approximate surface area is 131 Å². The van der Waals surface area contributed by atoms with E-state index in [1.165, 1.54) is 11.1 Å². The first-order valence-corrected chi connectivity index (χ1v) is 8.22. The van der Waals surface area contributed by atoms with E-state index in [0.717, 1.165) is 31.2 Å². The van der Waals surface area contributed by atoms with Gasteiger partial charge in [-0.25, -0.2) is 0 Å². The van der Waals surface area contributed by atoms with Crippen molar-refractivity contribution in [1.82, 2.24) is 0 Å². The van der Waals surface area contributed by atoms with Gasteiger partial charge in [0, 0.05) is 11.0 Å². The average Bonchev–Trinajstić information content (AvgIpc) is 2.84. The molecule has 0 spiro atoms. The Morgan fingerprint density at radius 3 is 2.91 bits per heavy atom. The molecule has 1 fully saturated rings. The summed E-state index contributed by atoms with van der Waals surface area (Å²) in [7, 11) is 0. The zero-order valence-corrected chi connectivity index (χ0v) is 12.9. The van der Waals surface area contributed by atoms with Crippen LogP contribution in [0.15, 0.2) is 29.8 Å². The van der Waals surface area contributed by atoms with Crippen molar-refractivity contribution in [2.75, 3.05) is 0 Å². The molecule has 3 aliphatic rings. The molecular formula is C20H22O2. The molecule has 114 valence electrons. The van der Waals surface area contributed by atoms with Crippen LogP contribution in [0.5, 0.6) is 5.75 Å². The summed E-state index contributed by atoms with van der Waals surface area (Å²) in [4.78, 5) is 0. The number of hydrogen-bond donors (Lipinski definition) is 2. The number of phenolic OH excluding ortho intramolecular Hbond substituents is 1. The summed E-state index contributed by atoms with van der Waals surface area (Å²) in [6, 6.07) is 5.50. The summed E-state index contributed by atoms with van der Waals surface area (Å²) >= 11 is 0. The Morgan fingerprint density at radius 1 is 1.32 bits per heavy atom. The number of aromatic hydroxyl groups is 1. The van der Waals surface area contributed by atoms with Gasteiger partial charge in [-0.1, -0.05) is 25.0 Å². The summed E-state index contributed by atoms with van der Waals surface area (Å²) in [5.74, 6) is 4.65. The molecule has 2 N–H and O–H groups in total. The van der Waals surface area contributed by atoms with Crippen molar-refractivity contribution < 1.29 is 10.2 Å². The molecule has 3 aliphatic carbocycles. The number of terminal acetylenes is 1. The van der Waals surface area contributed by atoms with Gasteiger partial charge in [0.05, 0.1) is 6.10 Å². The van der Waals surface area contributed by atoms with Gasteiger partial charge in [0.25, 0.3) is 0 Å². The molecular weight excluding hydrogens is 272 g/mol. The maximum Gasteiger partial charge on any atom is 0.115 e. The lowest BCUT2D eigenvalue weighted by Crippen LogP contribution is -2.41. The summed E-state index contributed by atoms with van der Waals surface area (Å²) < 4.78 is 0. The van der Waals surface area contributed by atoms with Crippen LogP contribution in [-0.4, -0.2) is 10.2 Å². The molecule has 4 rings (SSSR count). The number of benzene rings is 1. The normalized spacial score (nSPS) is 39.2. The molecule has 0 saturated heterocycles. The molecule has 2 heteroatoms. The molecule has 1 aromatic rings. The highest BCUT2D eigenvalue weighted by molar-refractivity contribution is 5.44. The van der Waals surface area contributed by atoms with E-state index in [9.17, 15) is 10.2 Å². The Bertz CT molecular complexity index is 696. The van der Waals surface area contributed by atoms with E-state index in [2.05, 4.69) is 18.9 Å².